The zero-order chi connectivity index (χ0) is 19.5. The van der Waals surface area contributed by atoms with Gasteiger partial charge in [0.2, 0.25) is 5.91 Å². The lowest BCUT2D eigenvalue weighted by Gasteiger charge is -2.22. The van der Waals surface area contributed by atoms with Crippen LogP contribution in [0, 0.1) is 0 Å². The maximum absolute atomic E-state index is 12.9. The highest BCUT2D eigenvalue weighted by Crippen LogP contribution is 2.18. The van der Waals surface area contributed by atoms with Gasteiger partial charge < -0.3 is 19.5 Å². The van der Waals surface area contributed by atoms with E-state index in [-0.39, 0.29) is 11.8 Å². The first-order valence-electron chi connectivity index (χ1n) is 9.42. The molecule has 1 aliphatic heterocycles. The Bertz CT molecular complexity index is 961. The van der Waals surface area contributed by atoms with Crippen molar-refractivity contribution in [2.45, 2.75) is 13.0 Å². The second kappa shape index (κ2) is 7.76. The molecule has 0 atom stereocenters. The molecule has 144 valence electrons. The number of rotatable bonds is 4. The first kappa shape index (κ1) is 18.1. The molecule has 1 aromatic heterocycles. The van der Waals surface area contributed by atoms with Crippen molar-refractivity contribution in [3.8, 4) is 5.75 Å². The number of hydrogen-bond acceptors (Lipinski definition) is 3. The van der Waals surface area contributed by atoms with Gasteiger partial charge in [-0.3, -0.25) is 9.59 Å². The minimum absolute atomic E-state index is 0.0599. The summed E-state index contributed by atoms with van der Waals surface area (Å²) in [4.78, 5) is 32.2. The van der Waals surface area contributed by atoms with Crippen LogP contribution < -0.4 is 4.74 Å². The van der Waals surface area contributed by atoms with Crippen LogP contribution in [0.25, 0.3) is 10.9 Å². The number of carbonyl (C=O) groups excluding carboxylic acids is 2. The topological polar surface area (TPSA) is 65.6 Å². The van der Waals surface area contributed by atoms with Gasteiger partial charge in [0, 0.05) is 43.5 Å². The van der Waals surface area contributed by atoms with Gasteiger partial charge in [0.25, 0.3) is 5.91 Å². The number of aromatic amines is 1. The summed E-state index contributed by atoms with van der Waals surface area (Å²) < 4.78 is 5.18. The number of nitrogens with zero attached hydrogens (tertiary/aromatic N) is 2. The molecule has 1 saturated heterocycles. The zero-order valence-corrected chi connectivity index (χ0v) is 15.9. The molecule has 1 fully saturated rings. The van der Waals surface area contributed by atoms with Crippen molar-refractivity contribution in [1.29, 1.82) is 0 Å². The lowest BCUT2D eigenvalue weighted by Crippen LogP contribution is -2.35. The number of ether oxygens (including phenoxy) is 1. The summed E-state index contributed by atoms with van der Waals surface area (Å²) in [6, 6.07) is 17.4. The van der Waals surface area contributed by atoms with Crippen molar-refractivity contribution < 1.29 is 14.3 Å². The first-order valence-corrected chi connectivity index (χ1v) is 9.42. The molecule has 0 radical (unpaired) electrons. The summed E-state index contributed by atoms with van der Waals surface area (Å²) in [5.74, 6) is 0.805. The van der Waals surface area contributed by atoms with Gasteiger partial charge >= 0.3 is 0 Å². The van der Waals surface area contributed by atoms with Gasteiger partial charge in [-0.05, 0) is 29.8 Å². The fourth-order valence-corrected chi connectivity index (χ4v) is 3.55. The number of nitrogens with one attached hydrogen (secondary N) is 1. The average molecular weight is 377 g/mol. The summed E-state index contributed by atoms with van der Waals surface area (Å²) in [5.41, 5.74) is 2.56. The number of hydrogen-bond donors (Lipinski definition) is 1. The highest BCUT2D eigenvalue weighted by Gasteiger charge is 2.25. The van der Waals surface area contributed by atoms with E-state index < -0.39 is 0 Å². The second-order valence-electron chi connectivity index (χ2n) is 6.98. The molecule has 1 aliphatic rings. The largest absolute Gasteiger partial charge is 0.497 e. The number of H-pyrrole nitrogens is 1. The van der Waals surface area contributed by atoms with Crippen LogP contribution in [0.1, 0.15) is 22.5 Å². The molecule has 28 heavy (non-hydrogen) atoms. The smallest absolute Gasteiger partial charge is 0.270 e. The van der Waals surface area contributed by atoms with E-state index in [0.29, 0.717) is 38.3 Å². The van der Waals surface area contributed by atoms with E-state index in [1.54, 1.807) is 12.0 Å². The van der Waals surface area contributed by atoms with Crippen LogP contribution >= 0.6 is 0 Å². The molecule has 0 bridgehead atoms. The standard InChI is InChI=1S/C22H23N3O3/c1-28-18-8-6-16(7-9-18)15-25-13-12-24(11-10-21(25)26)22(27)20-14-17-4-2-3-5-19(17)23-20/h2-9,14,23H,10-13,15H2,1H3. The van der Waals surface area contributed by atoms with Gasteiger partial charge in [-0.1, -0.05) is 30.3 Å². The minimum Gasteiger partial charge on any atom is -0.497 e. The fourth-order valence-electron chi connectivity index (χ4n) is 3.55. The third-order valence-corrected chi connectivity index (χ3v) is 5.17. The Balaban J connectivity index is 1.44. The van der Waals surface area contributed by atoms with E-state index in [2.05, 4.69) is 4.98 Å². The average Bonchev–Trinajstić information content (AvgIpc) is 3.08. The van der Waals surface area contributed by atoms with E-state index in [1.807, 2.05) is 59.5 Å². The maximum atomic E-state index is 12.9. The summed E-state index contributed by atoms with van der Waals surface area (Å²) in [6.45, 7) is 2.02. The summed E-state index contributed by atoms with van der Waals surface area (Å²) >= 11 is 0. The number of amides is 2. The van der Waals surface area contributed by atoms with Crippen LogP contribution in [0.2, 0.25) is 0 Å². The van der Waals surface area contributed by atoms with Gasteiger partial charge in [0.05, 0.1) is 7.11 Å². The molecule has 2 aromatic carbocycles. The third kappa shape index (κ3) is 3.71. The Morgan fingerprint density at radius 1 is 1.07 bits per heavy atom. The Morgan fingerprint density at radius 2 is 1.86 bits per heavy atom. The summed E-state index contributed by atoms with van der Waals surface area (Å²) in [6.07, 6.45) is 0.335. The van der Waals surface area contributed by atoms with Gasteiger partial charge in [-0.2, -0.15) is 0 Å². The molecule has 0 saturated carbocycles. The quantitative estimate of drug-likeness (QED) is 0.760. The van der Waals surface area contributed by atoms with Crippen LogP contribution in [-0.2, 0) is 11.3 Å². The predicted octanol–water partition coefficient (Wildman–Crippen LogP) is 3.05. The third-order valence-electron chi connectivity index (χ3n) is 5.17. The van der Waals surface area contributed by atoms with Gasteiger partial charge in [0.15, 0.2) is 0 Å². The van der Waals surface area contributed by atoms with Crippen molar-refractivity contribution in [3.05, 3.63) is 65.9 Å². The Morgan fingerprint density at radius 3 is 2.61 bits per heavy atom. The summed E-state index contributed by atoms with van der Waals surface area (Å²) in [7, 11) is 1.63. The molecule has 0 unspecified atom stereocenters. The van der Waals surface area contributed by atoms with Crippen LogP contribution in [-0.4, -0.2) is 53.3 Å². The molecule has 4 rings (SSSR count). The Kier molecular flexibility index (Phi) is 5.02. The number of carbonyl (C=O) groups is 2. The van der Waals surface area contributed by atoms with Crippen LogP contribution in [0.15, 0.2) is 54.6 Å². The van der Waals surface area contributed by atoms with E-state index in [1.165, 1.54) is 0 Å². The summed E-state index contributed by atoms with van der Waals surface area (Å²) in [5, 5.41) is 1.01. The van der Waals surface area contributed by atoms with E-state index in [0.717, 1.165) is 22.2 Å². The van der Waals surface area contributed by atoms with Crippen molar-refractivity contribution in [2.24, 2.45) is 0 Å². The van der Waals surface area contributed by atoms with Gasteiger partial charge in [0.1, 0.15) is 11.4 Å². The minimum atomic E-state index is -0.0599. The SMILES string of the molecule is COc1ccc(CN2CCN(C(=O)c3cc4ccccc4[nH]3)CCC2=O)cc1. The first-order chi connectivity index (χ1) is 13.6. The highest BCUT2D eigenvalue weighted by atomic mass is 16.5. The van der Waals surface area contributed by atoms with Gasteiger partial charge in [-0.25, -0.2) is 0 Å². The van der Waals surface area contributed by atoms with E-state index >= 15 is 0 Å². The van der Waals surface area contributed by atoms with Gasteiger partial charge in [-0.15, -0.1) is 0 Å². The van der Waals surface area contributed by atoms with Crippen LogP contribution in [0.5, 0.6) is 5.75 Å². The van der Waals surface area contributed by atoms with Crippen molar-refractivity contribution in [3.63, 3.8) is 0 Å². The van der Waals surface area contributed by atoms with E-state index in [9.17, 15) is 9.59 Å². The maximum Gasteiger partial charge on any atom is 0.270 e. The molecule has 0 spiro atoms. The number of fused-ring (bicyclic) bond motifs is 1. The molecule has 6 nitrogen and oxygen atoms in total. The number of aromatic nitrogens is 1. The Hall–Kier alpha value is -3.28. The number of para-hydroxylation sites is 1. The lowest BCUT2D eigenvalue weighted by molar-refractivity contribution is -0.130. The fraction of sp³-hybridized carbons (Fsp3) is 0.273. The molecule has 1 N–H and O–H groups in total. The van der Waals surface area contributed by atoms with Crippen molar-refractivity contribution >= 4 is 22.7 Å². The van der Waals surface area contributed by atoms with E-state index in [4.69, 9.17) is 4.74 Å². The van der Waals surface area contributed by atoms with Crippen LogP contribution in [0.3, 0.4) is 0 Å². The molecule has 2 heterocycles. The highest BCUT2D eigenvalue weighted by molar-refractivity contribution is 5.98. The number of benzene rings is 2. The molecular weight excluding hydrogens is 354 g/mol. The molecule has 0 aliphatic carbocycles. The lowest BCUT2D eigenvalue weighted by atomic mass is 10.2. The van der Waals surface area contributed by atoms with Crippen molar-refractivity contribution in [2.75, 3.05) is 26.7 Å². The molecule has 6 heteroatoms. The van der Waals surface area contributed by atoms with Crippen LogP contribution in [0.4, 0.5) is 0 Å². The molecular formula is C22H23N3O3. The Labute approximate surface area is 163 Å². The predicted molar refractivity (Wildman–Crippen MR) is 107 cm³/mol. The normalized spacial score (nSPS) is 15.0. The van der Waals surface area contributed by atoms with Crippen molar-refractivity contribution in [1.82, 2.24) is 14.8 Å². The molecule has 3 aromatic rings. The number of methoxy groups -OCH3 is 1. The second-order valence-corrected chi connectivity index (χ2v) is 6.98. The monoisotopic (exact) mass is 377 g/mol. The zero-order valence-electron chi connectivity index (χ0n) is 15.9. The molecule has 2 amide bonds.